The van der Waals surface area contributed by atoms with E-state index < -0.39 is 16.0 Å². The zero-order chi connectivity index (χ0) is 24.7. The Morgan fingerprint density at radius 1 is 1.00 bits per heavy atom. The van der Waals surface area contributed by atoms with Gasteiger partial charge in [-0.15, -0.1) is 0 Å². The summed E-state index contributed by atoms with van der Waals surface area (Å²) in [7, 11) is -2.52. The average Bonchev–Trinajstić information content (AvgIpc) is 2.85. The van der Waals surface area contributed by atoms with Crippen LogP contribution in [0.25, 0.3) is 0 Å². The highest BCUT2D eigenvalue weighted by atomic mass is 32.2. The molecule has 3 aromatic carbocycles. The molecule has 34 heavy (non-hydrogen) atoms. The van der Waals surface area contributed by atoms with E-state index in [1.165, 1.54) is 19.2 Å². The van der Waals surface area contributed by atoms with Crippen LogP contribution < -0.4 is 10.0 Å². The number of carbonyl (C=O) groups is 1. The van der Waals surface area contributed by atoms with E-state index in [-0.39, 0.29) is 22.9 Å². The molecule has 7 heteroatoms. The van der Waals surface area contributed by atoms with Gasteiger partial charge in [0.1, 0.15) is 0 Å². The third-order valence-corrected chi connectivity index (χ3v) is 6.14. The van der Waals surface area contributed by atoms with E-state index in [9.17, 15) is 13.2 Å². The monoisotopic (exact) mass is 474 g/mol. The predicted molar refractivity (Wildman–Crippen MR) is 134 cm³/mol. The topological polar surface area (TPSA) is 89.7 Å². The molecule has 0 amide bonds. The highest BCUT2D eigenvalue weighted by Gasteiger charge is 2.17. The Kier molecular flexibility index (Phi) is 7.90. The van der Waals surface area contributed by atoms with Crippen molar-refractivity contribution in [3.8, 4) is 11.8 Å². The second kappa shape index (κ2) is 10.8. The second-order valence-corrected chi connectivity index (χ2v) is 9.23. The second-order valence-electron chi connectivity index (χ2n) is 7.67. The van der Waals surface area contributed by atoms with Crippen molar-refractivity contribution >= 4 is 27.4 Å². The molecule has 0 spiro atoms. The van der Waals surface area contributed by atoms with Gasteiger partial charge in [0.25, 0.3) is 0 Å². The molecule has 1 atom stereocenters. The van der Waals surface area contributed by atoms with Gasteiger partial charge in [-0.25, -0.2) is 18.4 Å². The quantitative estimate of drug-likeness (QED) is 0.312. The number of nitrogens with zero attached hydrogens (tertiary/aromatic N) is 1. The smallest absolute Gasteiger partial charge is 0.334 e. The van der Waals surface area contributed by atoms with Gasteiger partial charge in [0.15, 0.2) is 0 Å². The molecule has 0 bridgehead atoms. The first-order valence-corrected chi connectivity index (χ1v) is 12.1. The largest absolute Gasteiger partial charge is 0.466 e. The van der Waals surface area contributed by atoms with Gasteiger partial charge in [-0.2, -0.15) is 0 Å². The van der Waals surface area contributed by atoms with Gasteiger partial charge < -0.3 is 9.64 Å². The molecule has 0 radical (unpaired) electrons. The molecule has 1 unspecified atom stereocenters. The summed E-state index contributed by atoms with van der Waals surface area (Å²) in [6.07, 6.45) is 0. The Balaban J connectivity index is 1.89. The Bertz CT molecular complexity index is 1320. The lowest BCUT2D eigenvalue weighted by Gasteiger charge is -2.26. The van der Waals surface area contributed by atoms with Crippen molar-refractivity contribution in [2.24, 2.45) is 5.14 Å². The van der Waals surface area contributed by atoms with E-state index in [2.05, 4.69) is 18.4 Å². The molecule has 0 fully saturated rings. The highest BCUT2D eigenvalue weighted by molar-refractivity contribution is 7.89. The number of anilines is 2. The minimum atomic E-state index is -3.81. The fourth-order valence-electron chi connectivity index (χ4n) is 3.29. The molecule has 6 nitrogen and oxygen atoms in total. The van der Waals surface area contributed by atoms with Crippen LogP contribution in [-0.4, -0.2) is 28.0 Å². The number of sulfonamides is 1. The van der Waals surface area contributed by atoms with E-state index in [4.69, 9.17) is 9.88 Å². The third-order valence-electron chi connectivity index (χ3n) is 5.21. The van der Waals surface area contributed by atoms with E-state index in [0.717, 1.165) is 16.8 Å². The molecule has 0 aliphatic heterocycles. The number of ether oxygens (including phenoxy) is 1. The van der Waals surface area contributed by atoms with Crippen molar-refractivity contribution in [2.75, 3.05) is 18.6 Å². The van der Waals surface area contributed by atoms with Crippen LogP contribution in [0.3, 0.4) is 0 Å². The Morgan fingerprint density at radius 3 is 2.09 bits per heavy atom. The minimum absolute atomic E-state index is 0.00385. The zero-order valence-electron chi connectivity index (χ0n) is 19.1. The van der Waals surface area contributed by atoms with Gasteiger partial charge in [0, 0.05) is 28.4 Å². The number of nitrogens with two attached hydrogens (primary N) is 1. The molecule has 0 aliphatic rings. The van der Waals surface area contributed by atoms with E-state index in [0.29, 0.717) is 5.69 Å². The van der Waals surface area contributed by atoms with Crippen LogP contribution >= 0.6 is 0 Å². The first kappa shape index (κ1) is 24.8. The maximum atomic E-state index is 12.0. The predicted octanol–water partition coefficient (Wildman–Crippen LogP) is 4.36. The summed E-state index contributed by atoms with van der Waals surface area (Å²) in [5.41, 5.74) is 3.72. The number of hydrogen-bond acceptors (Lipinski definition) is 5. The Labute approximate surface area is 200 Å². The summed E-state index contributed by atoms with van der Waals surface area (Å²) < 4.78 is 28.0. The first-order chi connectivity index (χ1) is 16.2. The first-order valence-electron chi connectivity index (χ1n) is 10.5. The summed E-state index contributed by atoms with van der Waals surface area (Å²) in [5.74, 6) is 5.94. The zero-order valence-corrected chi connectivity index (χ0v) is 19.9. The molecular formula is C27H26N2O4S. The van der Waals surface area contributed by atoms with E-state index in [1.807, 2.05) is 66.4 Å². The summed E-state index contributed by atoms with van der Waals surface area (Å²) in [5, 5.41) is 5.21. The van der Waals surface area contributed by atoms with Crippen LogP contribution in [0.5, 0.6) is 0 Å². The lowest BCUT2D eigenvalue weighted by atomic mass is 10.0. The van der Waals surface area contributed by atoms with Crippen molar-refractivity contribution in [1.82, 2.24) is 0 Å². The molecule has 0 aliphatic carbocycles. The van der Waals surface area contributed by atoms with Gasteiger partial charge in [-0.05, 0) is 61.0 Å². The number of benzene rings is 3. The number of esters is 1. The van der Waals surface area contributed by atoms with Gasteiger partial charge in [0.05, 0.1) is 18.6 Å². The van der Waals surface area contributed by atoms with Crippen LogP contribution in [0.4, 0.5) is 11.4 Å². The Morgan fingerprint density at radius 2 is 1.56 bits per heavy atom. The number of primary sulfonamides is 1. The summed E-state index contributed by atoms with van der Waals surface area (Å²) in [4.78, 5) is 13.8. The Hall–Kier alpha value is -3.86. The van der Waals surface area contributed by atoms with Crippen LogP contribution in [0.15, 0.2) is 95.9 Å². The van der Waals surface area contributed by atoms with Gasteiger partial charge >= 0.3 is 5.97 Å². The molecular weight excluding hydrogens is 448 g/mol. The molecule has 3 rings (SSSR count). The lowest BCUT2D eigenvalue weighted by molar-refractivity contribution is -0.136. The average molecular weight is 475 g/mol. The van der Waals surface area contributed by atoms with Crippen molar-refractivity contribution in [3.05, 3.63) is 102 Å². The summed E-state index contributed by atoms with van der Waals surface area (Å²) in [6.45, 7) is 6.01. The number of methoxy groups -OCH3 is 1. The fourth-order valence-corrected chi connectivity index (χ4v) is 3.80. The molecule has 0 saturated carbocycles. The maximum absolute atomic E-state index is 12.0. The molecule has 0 aromatic heterocycles. The number of carbonyl (C=O) groups excluding carboxylic acids is 1. The van der Waals surface area contributed by atoms with Gasteiger partial charge in [-0.3, -0.25) is 0 Å². The molecule has 0 saturated heterocycles. The molecule has 2 N–H and O–H groups in total. The van der Waals surface area contributed by atoms with Crippen LogP contribution in [0.2, 0.25) is 0 Å². The standard InChI is InChI=1S/C27H26N2O4S/c1-20(9-10-22-7-5-4-6-8-22)23-11-13-24(14-12-23)29(19-21(2)27(30)33-3)25-15-17-26(18-16-25)34(28,31)32/h4-8,11-18,20H,2,19H2,1,3H3,(H2,28,31,32). The van der Waals surface area contributed by atoms with Crippen molar-refractivity contribution < 1.29 is 17.9 Å². The van der Waals surface area contributed by atoms with Crippen molar-refractivity contribution in [1.29, 1.82) is 0 Å². The van der Waals surface area contributed by atoms with E-state index >= 15 is 0 Å². The minimum Gasteiger partial charge on any atom is -0.466 e. The van der Waals surface area contributed by atoms with Crippen LogP contribution in [0, 0.1) is 11.8 Å². The SMILES string of the molecule is C=C(CN(c1ccc(C(C)C#Cc2ccccc2)cc1)c1ccc(S(N)(=O)=O)cc1)C(=O)OC. The maximum Gasteiger partial charge on any atom is 0.334 e. The summed E-state index contributed by atoms with van der Waals surface area (Å²) in [6, 6.07) is 23.7. The fraction of sp³-hybridized carbons (Fsp3) is 0.148. The highest BCUT2D eigenvalue weighted by Crippen LogP contribution is 2.29. The molecule has 0 heterocycles. The molecule has 3 aromatic rings. The van der Waals surface area contributed by atoms with Crippen molar-refractivity contribution in [3.63, 3.8) is 0 Å². The normalized spacial score (nSPS) is 11.6. The van der Waals surface area contributed by atoms with Gasteiger partial charge in [-0.1, -0.05) is 48.8 Å². The third kappa shape index (κ3) is 6.35. The van der Waals surface area contributed by atoms with Crippen LogP contribution in [-0.2, 0) is 19.6 Å². The summed E-state index contributed by atoms with van der Waals surface area (Å²) >= 11 is 0. The van der Waals surface area contributed by atoms with E-state index in [1.54, 1.807) is 12.1 Å². The number of hydrogen-bond donors (Lipinski definition) is 1. The van der Waals surface area contributed by atoms with Crippen molar-refractivity contribution in [2.45, 2.75) is 17.7 Å². The molecule has 174 valence electrons. The van der Waals surface area contributed by atoms with Gasteiger partial charge in [0.2, 0.25) is 10.0 Å². The number of rotatable bonds is 7. The van der Waals surface area contributed by atoms with Crippen LogP contribution in [0.1, 0.15) is 24.0 Å². The lowest BCUT2D eigenvalue weighted by Crippen LogP contribution is -2.23.